The Kier molecular flexibility index (Phi) is 5.29. The van der Waals surface area contributed by atoms with Crippen molar-refractivity contribution in [1.29, 1.82) is 0 Å². The summed E-state index contributed by atoms with van der Waals surface area (Å²) in [5.74, 6) is -1.04. The van der Waals surface area contributed by atoms with Crippen LogP contribution in [-0.2, 0) is 10.9 Å². The molecule has 4 rings (SSSR count). The Bertz CT molecular complexity index is 1100. The zero-order valence-corrected chi connectivity index (χ0v) is 15.7. The molecule has 2 aromatic carbocycles. The van der Waals surface area contributed by atoms with E-state index in [1.807, 2.05) is 4.90 Å². The number of alkyl halides is 3. The van der Waals surface area contributed by atoms with Gasteiger partial charge in [-0.05, 0) is 36.4 Å². The second kappa shape index (κ2) is 7.91. The molecule has 1 N–H and O–H groups in total. The molecule has 2 heterocycles. The second-order valence-corrected chi connectivity index (χ2v) is 6.80. The monoisotopic (exact) mass is 419 g/mol. The van der Waals surface area contributed by atoms with Gasteiger partial charge in [-0.1, -0.05) is 12.1 Å². The Morgan fingerprint density at radius 2 is 1.80 bits per heavy atom. The summed E-state index contributed by atoms with van der Waals surface area (Å²) in [6.07, 6.45) is -4.68. The average molecular weight is 419 g/mol. The van der Waals surface area contributed by atoms with E-state index in [1.165, 1.54) is 18.2 Å². The minimum absolute atomic E-state index is 0.0444. The lowest BCUT2D eigenvalue weighted by Gasteiger charge is -2.28. The van der Waals surface area contributed by atoms with Crippen LogP contribution in [0, 0.1) is 5.82 Å². The molecule has 9 heteroatoms. The summed E-state index contributed by atoms with van der Waals surface area (Å²) in [6, 6.07) is 10.4. The lowest BCUT2D eigenvalue weighted by Crippen LogP contribution is -2.36. The molecule has 0 aliphatic carbocycles. The molecule has 1 saturated heterocycles. The molecule has 1 amide bonds. The molecule has 156 valence electrons. The zero-order valence-electron chi connectivity index (χ0n) is 15.7. The number of fused-ring (bicyclic) bond motifs is 1. The van der Waals surface area contributed by atoms with E-state index in [0.29, 0.717) is 37.5 Å². The number of benzene rings is 2. The molecule has 1 aromatic heterocycles. The second-order valence-electron chi connectivity index (χ2n) is 6.80. The summed E-state index contributed by atoms with van der Waals surface area (Å²) in [5.41, 5.74) is -1.43. The molecule has 1 aliphatic heterocycles. The van der Waals surface area contributed by atoms with Gasteiger partial charge in [0, 0.05) is 24.2 Å². The first-order valence-corrected chi connectivity index (χ1v) is 9.23. The van der Waals surface area contributed by atoms with Crippen molar-refractivity contribution in [2.24, 2.45) is 0 Å². The maximum absolute atomic E-state index is 14.7. The highest BCUT2D eigenvalue weighted by Gasteiger charge is 2.34. The van der Waals surface area contributed by atoms with Gasteiger partial charge in [-0.15, -0.1) is 0 Å². The number of hydrogen-bond donors (Lipinski definition) is 1. The number of carbonyl (C=O) groups excluding carboxylic acids is 1. The maximum atomic E-state index is 14.7. The summed E-state index contributed by atoms with van der Waals surface area (Å²) in [7, 11) is 0. The predicted octanol–water partition coefficient (Wildman–Crippen LogP) is 4.48. The number of ether oxygens (including phenoxy) is 1. The minimum Gasteiger partial charge on any atom is -0.378 e. The van der Waals surface area contributed by atoms with Gasteiger partial charge in [0.05, 0.1) is 24.3 Å². The summed E-state index contributed by atoms with van der Waals surface area (Å²) in [5, 5.41) is 2.77. The number of morpholine rings is 1. The normalized spacial score (nSPS) is 14.7. The van der Waals surface area contributed by atoms with Gasteiger partial charge in [0.15, 0.2) is 5.82 Å². The van der Waals surface area contributed by atoms with Crippen molar-refractivity contribution >= 4 is 28.3 Å². The van der Waals surface area contributed by atoms with Crippen molar-refractivity contribution in [3.05, 3.63) is 65.5 Å². The van der Waals surface area contributed by atoms with Crippen LogP contribution in [0.4, 0.5) is 29.1 Å². The molecule has 0 unspecified atom stereocenters. The molecule has 0 atom stereocenters. The van der Waals surface area contributed by atoms with Crippen LogP contribution in [0.3, 0.4) is 0 Å². The smallest absolute Gasteiger partial charge is 0.378 e. The summed E-state index contributed by atoms with van der Waals surface area (Å²) in [4.78, 5) is 18.8. The van der Waals surface area contributed by atoms with Gasteiger partial charge < -0.3 is 15.0 Å². The first-order chi connectivity index (χ1) is 14.3. The third-order valence-corrected chi connectivity index (χ3v) is 4.80. The third kappa shape index (κ3) is 4.06. The molecule has 1 fully saturated rings. The number of carbonyl (C=O) groups is 1. The van der Waals surface area contributed by atoms with E-state index in [4.69, 9.17) is 4.74 Å². The van der Waals surface area contributed by atoms with Crippen molar-refractivity contribution in [2.45, 2.75) is 6.18 Å². The molecule has 30 heavy (non-hydrogen) atoms. The van der Waals surface area contributed by atoms with E-state index in [0.717, 1.165) is 18.2 Å². The van der Waals surface area contributed by atoms with Crippen LogP contribution < -0.4 is 10.2 Å². The fraction of sp³-hybridized carbons (Fsp3) is 0.238. The van der Waals surface area contributed by atoms with E-state index in [2.05, 4.69) is 10.3 Å². The maximum Gasteiger partial charge on any atom is 0.417 e. The molecule has 0 saturated carbocycles. The highest BCUT2D eigenvalue weighted by Crippen LogP contribution is 2.32. The van der Waals surface area contributed by atoms with Crippen LogP contribution in [0.2, 0.25) is 0 Å². The quantitative estimate of drug-likeness (QED) is 0.636. The van der Waals surface area contributed by atoms with Crippen LogP contribution in [0.5, 0.6) is 0 Å². The van der Waals surface area contributed by atoms with Gasteiger partial charge in [-0.25, -0.2) is 9.37 Å². The van der Waals surface area contributed by atoms with Gasteiger partial charge in [0.2, 0.25) is 0 Å². The molecule has 5 nitrogen and oxygen atoms in total. The fourth-order valence-electron chi connectivity index (χ4n) is 3.35. The number of anilines is 2. The molecule has 0 radical (unpaired) electrons. The highest BCUT2D eigenvalue weighted by molar-refractivity contribution is 6.06. The topological polar surface area (TPSA) is 54.5 Å². The Balaban J connectivity index is 1.62. The average Bonchev–Trinajstić information content (AvgIpc) is 2.73. The van der Waals surface area contributed by atoms with Gasteiger partial charge in [0.25, 0.3) is 5.91 Å². The fourth-order valence-corrected chi connectivity index (χ4v) is 3.35. The van der Waals surface area contributed by atoms with E-state index >= 15 is 0 Å². The molecule has 1 aliphatic rings. The molecular weight excluding hydrogens is 402 g/mol. The highest BCUT2D eigenvalue weighted by atomic mass is 19.4. The number of hydrogen-bond acceptors (Lipinski definition) is 4. The lowest BCUT2D eigenvalue weighted by molar-refractivity contribution is -0.137. The predicted molar refractivity (Wildman–Crippen MR) is 104 cm³/mol. The number of rotatable bonds is 3. The van der Waals surface area contributed by atoms with Crippen LogP contribution in [0.15, 0.2) is 48.5 Å². The van der Waals surface area contributed by atoms with Crippen molar-refractivity contribution in [2.75, 3.05) is 36.5 Å². The lowest BCUT2D eigenvalue weighted by atomic mass is 10.1. The van der Waals surface area contributed by atoms with Crippen molar-refractivity contribution in [3.8, 4) is 0 Å². The van der Waals surface area contributed by atoms with E-state index < -0.39 is 29.0 Å². The number of amides is 1. The molecule has 3 aromatic rings. The van der Waals surface area contributed by atoms with Gasteiger partial charge in [0.1, 0.15) is 11.3 Å². The van der Waals surface area contributed by atoms with Gasteiger partial charge >= 0.3 is 6.18 Å². The molecular formula is C21H17F4N3O2. The van der Waals surface area contributed by atoms with E-state index in [9.17, 15) is 22.4 Å². The number of aromatic nitrogens is 1. The Hall–Kier alpha value is -3.20. The van der Waals surface area contributed by atoms with Crippen LogP contribution >= 0.6 is 0 Å². The summed E-state index contributed by atoms with van der Waals surface area (Å²) in [6.45, 7) is 2.42. The summed E-state index contributed by atoms with van der Waals surface area (Å²) < 4.78 is 59.4. The van der Waals surface area contributed by atoms with Crippen LogP contribution in [0.25, 0.3) is 10.9 Å². The molecule has 0 bridgehead atoms. The van der Waals surface area contributed by atoms with Crippen LogP contribution in [-0.4, -0.2) is 37.2 Å². The van der Waals surface area contributed by atoms with Crippen molar-refractivity contribution < 1.29 is 27.1 Å². The minimum atomic E-state index is -4.68. The largest absolute Gasteiger partial charge is 0.417 e. The number of nitrogens with zero attached hydrogens (tertiary/aromatic N) is 2. The van der Waals surface area contributed by atoms with E-state index in [1.54, 1.807) is 12.1 Å². The number of nitrogens with one attached hydrogen (secondary N) is 1. The zero-order chi connectivity index (χ0) is 21.3. The SMILES string of the molecule is O=C(Nc1cc(F)c2nc(N3CCOCC3)ccc2c1)c1ccccc1C(F)(F)F. The Labute approximate surface area is 169 Å². The van der Waals surface area contributed by atoms with Gasteiger partial charge in [-0.3, -0.25) is 4.79 Å². The first-order valence-electron chi connectivity index (χ1n) is 9.23. The van der Waals surface area contributed by atoms with Crippen molar-refractivity contribution in [3.63, 3.8) is 0 Å². The number of pyridine rings is 1. The first kappa shape index (κ1) is 20.1. The Morgan fingerprint density at radius 3 is 2.53 bits per heavy atom. The van der Waals surface area contributed by atoms with E-state index in [-0.39, 0.29) is 11.2 Å². The third-order valence-electron chi connectivity index (χ3n) is 4.80. The molecule has 0 spiro atoms. The van der Waals surface area contributed by atoms with Crippen molar-refractivity contribution in [1.82, 2.24) is 4.98 Å². The Morgan fingerprint density at radius 1 is 1.07 bits per heavy atom. The standard InChI is InChI=1S/C21H17F4N3O2/c22-17-12-14(26-20(29)15-3-1-2-4-16(15)21(23,24)25)11-13-5-6-18(27-19(13)17)28-7-9-30-10-8-28/h1-6,11-12H,7-10H2,(H,26,29). The summed E-state index contributed by atoms with van der Waals surface area (Å²) >= 11 is 0. The number of halogens is 4. The van der Waals surface area contributed by atoms with Crippen LogP contribution in [0.1, 0.15) is 15.9 Å². The van der Waals surface area contributed by atoms with Gasteiger partial charge in [-0.2, -0.15) is 13.2 Å².